The molecule has 90 valence electrons. The van der Waals surface area contributed by atoms with Crippen LogP contribution in [-0.2, 0) is 4.79 Å². The lowest BCUT2D eigenvalue weighted by molar-refractivity contribution is -0.179. The van der Waals surface area contributed by atoms with Crippen LogP contribution in [0.15, 0.2) is 0 Å². The Kier molecular flexibility index (Phi) is 4.39. The van der Waals surface area contributed by atoms with Crippen LogP contribution >= 0.6 is 0 Å². The normalized spacial score (nSPS) is 13.9. The first-order valence-corrected chi connectivity index (χ1v) is 6.14. The molecule has 0 saturated carbocycles. The third kappa shape index (κ3) is 4.23. The van der Waals surface area contributed by atoms with Gasteiger partial charge < -0.3 is 4.57 Å². The molecule has 0 unspecified atom stereocenters. The van der Waals surface area contributed by atoms with E-state index in [0.29, 0.717) is 0 Å². The van der Waals surface area contributed by atoms with Crippen molar-refractivity contribution in [2.45, 2.75) is 38.9 Å². The number of carbonyl (C=O) groups excluding carboxylic acids is 1. The number of carbonyl (C=O) groups is 1. The van der Waals surface area contributed by atoms with Crippen molar-refractivity contribution >= 4 is 15.6 Å². The Morgan fingerprint density at radius 1 is 1.27 bits per heavy atom. The van der Waals surface area contributed by atoms with Gasteiger partial charge in [0.2, 0.25) is 0 Å². The van der Waals surface area contributed by atoms with Crippen molar-refractivity contribution < 1.29 is 18.0 Å². The second kappa shape index (κ2) is 4.55. The average molecular weight is 241 g/mol. The van der Waals surface area contributed by atoms with Gasteiger partial charge in [-0.25, -0.2) is 0 Å². The standard InChI is InChI=1S/C9H18F3NOSi/c1-6(2)8(3,4)15-13(5)7(14)9(10,11)12/h6H,15H2,1-5H3. The lowest BCUT2D eigenvalue weighted by atomic mass is 9.99. The van der Waals surface area contributed by atoms with Gasteiger partial charge in [-0.1, -0.05) is 27.7 Å². The predicted molar refractivity (Wildman–Crippen MR) is 56.2 cm³/mol. The fourth-order valence-corrected chi connectivity index (χ4v) is 2.99. The van der Waals surface area contributed by atoms with Crippen LogP contribution < -0.4 is 0 Å². The number of amides is 1. The maximum absolute atomic E-state index is 12.1. The zero-order valence-electron chi connectivity index (χ0n) is 9.77. The quantitative estimate of drug-likeness (QED) is 0.692. The lowest BCUT2D eigenvalue weighted by Gasteiger charge is -2.33. The number of alkyl halides is 3. The first-order valence-electron chi connectivity index (χ1n) is 4.81. The monoisotopic (exact) mass is 241 g/mol. The number of hydrogen-bond acceptors (Lipinski definition) is 1. The molecule has 0 bridgehead atoms. The SMILES string of the molecule is CC(C)C(C)(C)[SiH2]N(C)C(=O)C(F)(F)F. The summed E-state index contributed by atoms with van der Waals surface area (Å²) in [5, 5.41) is -0.185. The van der Waals surface area contributed by atoms with Crippen LogP contribution in [0.3, 0.4) is 0 Å². The predicted octanol–water partition coefficient (Wildman–Crippen LogP) is 1.95. The van der Waals surface area contributed by atoms with Crippen LogP contribution in [0.4, 0.5) is 13.2 Å². The van der Waals surface area contributed by atoms with E-state index in [9.17, 15) is 18.0 Å². The minimum Gasteiger partial charge on any atom is -0.370 e. The van der Waals surface area contributed by atoms with Crippen LogP contribution in [0.5, 0.6) is 0 Å². The van der Waals surface area contributed by atoms with E-state index in [4.69, 9.17) is 0 Å². The first-order chi connectivity index (χ1) is 6.48. The third-order valence-corrected chi connectivity index (χ3v) is 5.19. The highest BCUT2D eigenvalue weighted by molar-refractivity contribution is 6.40. The van der Waals surface area contributed by atoms with E-state index in [1.807, 2.05) is 27.7 Å². The summed E-state index contributed by atoms with van der Waals surface area (Å²) in [7, 11) is -0.00508. The van der Waals surface area contributed by atoms with Crippen LogP contribution in [0.1, 0.15) is 27.7 Å². The zero-order chi connectivity index (χ0) is 12.4. The Bertz CT molecular complexity index is 238. The van der Waals surface area contributed by atoms with Crippen molar-refractivity contribution in [3.05, 3.63) is 0 Å². The molecule has 0 aromatic carbocycles. The molecular weight excluding hydrogens is 223 g/mol. The highest BCUT2D eigenvalue weighted by atomic mass is 28.2. The molecular formula is C9H18F3NOSi. The Morgan fingerprint density at radius 2 is 1.67 bits per heavy atom. The van der Waals surface area contributed by atoms with Gasteiger partial charge in [0.1, 0.15) is 9.68 Å². The smallest absolute Gasteiger partial charge is 0.370 e. The van der Waals surface area contributed by atoms with E-state index in [1.165, 1.54) is 7.05 Å². The number of nitrogens with zero attached hydrogens (tertiary/aromatic N) is 1. The summed E-state index contributed by atoms with van der Waals surface area (Å²) in [6.07, 6.45) is -4.74. The van der Waals surface area contributed by atoms with E-state index >= 15 is 0 Å². The van der Waals surface area contributed by atoms with Gasteiger partial charge in [0.25, 0.3) is 0 Å². The molecule has 1 amide bonds. The Hall–Kier alpha value is -0.523. The molecule has 0 aliphatic carbocycles. The molecule has 0 saturated heterocycles. The molecule has 0 aliphatic heterocycles. The van der Waals surface area contributed by atoms with Gasteiger partial charge in [0.05, 0.1) is 0 Å². The van der Waals surface area contributed by atoms with Gasteiger partial charge in [-0.05, 0) is 11.0 Å². The van der Waals surface area contributed by atoms with Gasteiger partial charge in [0.15, 0.2) is 0 Å². The molecule has 0 N–H and O–H groups in total. The van der Waals surface area contributed by atoms with Gasteiger partial charge in [0, 0.05) is 7.05 Å². The van der Waals surface area contributed by atoms with Crippen molar-refractivity contribution in [3.63, 3.8) is 0 Å². The van der Waals surface area contributed by atoms with Gasteiger partial charge in [-0.2, -0.15) is 13.2 Å². The molecule has 0 spiro atoms. The first kappa shape index (κ1) is 14.5. The molecule has 0 aromatic heterocycles. The maximum atomic E-state index is 12.1. The second-order valence-corrected chi connectivity index (χ2v) is 7.89. The summed E-state index contributed by atoms with van der Waals surface area (Å²) in [6.45, 7) is 7.73. The molecule has 0 aromatic rings. The molecule has 2 nitrogen and oxygen atoms in total. The molecule has 0 rings (SSSR count). The van der Waals surface area contributed by atoms with Crippen molar-refractivity contribution in [3.8, 4) is 0 Å². The van der Waals surface area contributed by atoms with Crippen molar-refractivity contribution in [2.75, 3.05) is 7.05 Å². The largest absolute Gasteiger partial charge is 0.470 e. The van der Waals surface area contributed by atoms with Crippen molar-refractivity contribution in [1.82, 2.24) is 4.57 Å². The zero-order valence-corrected chi connectivity index (χ0v) is 11.2. The van der Waals surface area contributed by atoms with Gasteiger partial charge >= 0.3 is 12.1 Å². The fourth-order valence-electron chi connectivity index (χ4n) is 1.08. The van der Waals surface area contributed by atoms with Crippen LogP contribution in [0.2, 0.25) is 5.04 Å². The number of hydrogen-bond donors (Lipinski definition) is 0. The molecule has 6 heteroatoms. The van der Waals surface area contributed by atoms with Crippen LogP contribution in [0.25, 0.3) is 0 Å². The van der Waals surface area contributed by atoms with E-state index in [1.54, 1.807) is 0 Å². The van der Waals surface area contributed by atoms with Crippen LogP contribution in [0, 0.1) is 5.92 Å². The number of halogens is 3. The Morgan fingerprint density at radius 3 is 1.93 bits per heavy atom. The molecule has 0 radical (unpaired) electrons. The second-order valence-electron chi connectivity index (χ2n) is 4.80. The van der Waals surface area contributed by atoms with E-state index in [0.717, 1.165) is 4.57 Å². The summed E-state index contributed by atoms with van der Waals surface area (Å²) in [6, 6.07) is 0. The van der Waals surface area contributed by atoms with E-state index < -0.39 is 21.8 Å². The maximum Gasteiger partial charge on any atom is 0.470 e. The van der Waals surface area contributed by atoms with Crippen molar-refractivity contribution in [1.29, 1.82) is 0 Å². The summed E-state index contributed by atoms with van der Waals surface area (Å²) in [5.74, 6) is -1.45. The highest BCUT2D eigenvalue weighted by Crippen LogP contribution is 2.33. The summed E-state index contributed by atoms with van der Waals surface area (Å²) in [5.41, 5.74) is 0. The third-order valence-electron chi connectivity index (χ3n) is 2.80. The van der Waals surface area contributed by atoms with Crippen LogP contribution in [-0.4, -0.2) is 33.4 Å². The topological polar surface area (TPSA) is 20.3 Å². The lowest BCUT2D eigenvalue weighted by Crippen LogP contribution is -2.44. The molecule has 0 aliphatic rings. The average Bonchev–Trinajstić information content (AvgIpc) is 2.00. The fraction of sp³-hybridized carbons (Fsp3) is 0.889. The van der Waals surface area contributed by atoms with Gasteiger partial charge in [-0.3, -0.25) is 4.79 Å². The summed E-state index contributed by atoms with van der Waals surface area (Å²) < 4.78 is 37.2. The minimum atomic E-state index is -4.74. The minimum absolute atomic E-state index is 0.185. The number of rotatable bonds is 3. The van der Waals surface area contributed by atoms with Crippen molar-refractivity contribution in [2.24, 2.45) is 5.92 Å². The molecule has 0 atom stereocenters. The van der Waals surface area contributed by atoms with Gasteiger partial charge in [-0.15, -0.1) is 0 Å². The molecule has 0 fully saturated rings. The summed E-state index contributed by atoms with van der Waals surface area (Å²) >= 11 is 0. The Balaban J connectivity index is 4.51. The summed E-state index contributed by atoms with van der Waals surface area (Å²) in [4.78, 5) is 10.9. The van der Waals surface area contributed by atoms with E-state index in [-0.39, 0.29) is 11.0 Å². The van der Waals surface area contributed by atoms with E-state index in [2.05, 4.69) is 0 Å². The highest BCUT2D eigenvalue weighted by Gasteiger charge is 2.42. The molecule has 15 heavy (non-hydrogen) atoms. The molecule has 0 heterocycles. The Labute approximate surface area is 90.7 Å².